The van der Waals surface area contributed by atoms with E-state index in [2.05, 4.69) is 17.3 Å². The molecule has 2 aliphatic heterocycles. The summed E-state index contributed by atoms with van der Waals surface area (Å²) in [6, 6.07) is 0.731. The number of urea groups is 1. The molecule has 2 amide bonds. The van der Waals surface area contributed by atoms with Crippen molar-refractivity contribution in [2.45, 2.75) is 63.6 Å². The Morgan fingerprint density at radius 2 is 1.95 bits per heavy atom. The third-order valence-corrected chi connectivity index (χ3v) is 5.04. The zero-order valence-electron chi connectivity index (χ0n) is 13.3. The maximum Gasteiger partial charge on any atom is 0.329 e. The molecule has 6 heteroatoms. The van der Waals surface area contributed by atoms with E-state index < -0.39 is 11.5 Å². The Morgan fingerprint density at radius 1 is 1.29 bits per heavy atom. The van der Waals surface area contributed by atoms with Gasteiger partial charge in [0.15, 0.2) is 0 Å². The summed E-state index contributed by atoms with van der Waals surface area (Å²) in [6.45, 7) is 4.92. The molecule has 0 aliphatic carbocycles. The fourth-order valence-corrected chi connectivity index (χ4v) is 3.53. The molecule has 3 atom stereocenters. The minimum Gasteiger partial charge on any atom is -0.480 e. The molecule has 6 nitrogen and oxygen atoms in total. The van der Waals surface area contributed by atoms with E-state index >= 15 is 0 Å². The average Bonchev–Trinajstić information content (AvgIpc) is 2.62. The normalized spacial score (nSPS) is 28.8. The van der Waals surface area contributed by atoms with Crippen molar-refractivity contribution in [2.75, 3.05) is 20.1 Å². The highest BCUT2D eigenvalue weighted by molar-refractivity contribution is 5.85. The largest absolute Gasteiger partial charge is 0.480 e. The molecule has 0 aromatic carbocycles. The predicted octanol–water partition coefficient (Wildman–Crippen LogP) is 1.51. The second-order valence-corrected chi connectivity index (χ2v) is 6.60. The van der Waals surface area contributed by atoms with E-state index in [1.807, 2.05) is 6.92 Å². The van der Waals surface area contributed by atoms with Gasteiger partial charge in [0.25, 0.3) is 0 Å². The summed E-state index contributed by atoms with van der Waals surface area (Å²) in [4.78, 5) is 28.1. The van der Waals surface area contributed by atoms with Crippen molar-refractivity contribution in [2.24, 2.45) is 0 Å². The van der Waals surface area contributed by atoms with Crippen LogP contribution in [0.3, 0.4) is 0 Å². The first kappa shape index (κ1) is 16.1. The van der Waals surface area contributed by atoms with Gasteiger partial charge in [0, 0.05) is 25.2 Å². The smallest absolute Gasteiger partial charge is 0.329 e. The van der Waals surface area contributed by atoms with E-state index in [0.29, 0.717) is 31.6 Å². The van der Waals surface area contributed by atoms with Crippen molar-refractivity contribution in [1.82, 2.24) is 15.1 Å². The summed E-state index contributed by atoms with van der Waals surface area (Å²) in [5, 5.41) is 12.1. The number of nitrogens with one attached hydrogen (secondary N) is 1. The SMILES string of the molecule is CCCC(C)(NC(=O)N1CCC2CCC(C1)N2C)C(=O)O. The Bertz CT molecular complexity index is 415. The lowest BCUT2D eigenvalue weighted by atomic mass is 9.96. The van der Waals surface area contributed by atoms with Crippen molar-refractivity contribution in [3.05, 3.63) is 0 Å². The molecule has 0 radical (unpaired) electrons. The summed E-state index contributed by atoms with van der Waals surface area (Å²) in [5.41, 5.74) is -1.18. The van der Waals surface area contributed by atoms with Crippen LogP contribution in [-0.2, 0) is 4.79 Å². The number of likely N-dealkylation sites (tertiary alicyclic amines) is 1. The number of nitrogens with zero attached hydrogens (tertiary/aromatic N) is 2. The van der Waals surface area contributed by atoms with Crippen molar-refractivity contribution in [3.63, 3.8) is 0 Å². The maximum atomic E-state index is 12.5. The van der Waals surface area contributed by atoms with Crippen molar-refractivity contribution < 1.29 is 14.7 Å². The van der Waals surface area contributed by atoms with E-state index in [9.17, 15) is 14.7 Å². The molecule has 2 rings (SSSR count). The molecule has 120 valence electrons. The molecular weight excluding hydrogens is 270 g/mol. The standard InChI is InChI=1S/C15H27N3O3/c1-4-8-15(2,13(19)20)16-14(21)18-9-7-11-5-6-12(10-18)17(11)3/h11-12H,4-10H2,1-3H3,(H,16,21)(H,19,20). The van der Waals surface area contributed by atoms with Crippen LogP contribution in [-0.4, -0.2) is 64.7 Å². The fraction of sp³-hybridized carbons (Fsp3) is 0.867. The number of carboxylic acid groups (broad SMARTS) is 1. The van der Waals surface area contributed by atoms with Crippen LogP contribution in [0.5, 0.6) is 0 Å². The topological polar surface area (TPSA) is 72.9 Å². The van der Waals surface area contributed by atoms with Gasteiger partial charge in [-0.25, -0.2) is 9.59 Å². The summed E-state index contributed by atoms with van der Waals surface area (Å²) in [7, 11) is 2.13. The fourth-order valence-electron chi connectivity index (χ4n) is 3.53. The number of amides is 2. The van der Waals surface area contributed by atoms with E-state index in [1.165, 1.54) is 6.42 Å². The lowest BCUT2D eigenvalue weighted by Gasteiger charge is -2.31. The van der Waals surface area contributed by atoms with Crippen LogP contribution in [0.4, 0.5) is 4.79 Å². The van der Waals surface area contributed by atoms with Crippen LogP contribution in [0.2, 0.25) is 0 Å². The van der Waals surface area contributed by atoms with Gasteiger partial charge in [0.05, 0.1) is 0 Å². The van der Waals surface area contributed by atoms with Gasteiger partial charge in [-0.2, -0.15) is 0 Å². The van der Waals surface area contributed by atoms with E-state index in [1.54, 1.807) is 11.8 Å². The Morgan fingerprint density at radius 3 is 2.57 bits per heavy atom. The predicted molar refractivity (Wildman–Crippen MR) is 80.2 cm³/mol. The number of carbonyl (C=O) groups is 2. The number of hydrogen-bond acceptors (Lipinski definition) is 3. The minimum atomic E-state index is -1.18. The molecule has 0 spiro atoms. The van der Waals surface area contributed by atoms with Crippen LogP contribution in [0.1, 0.15) is 46.0 Å². The van der Waals surface area contributed by atoms with Gasteiger partial charge in [-0.3, -0.25) is 4.90 Å². The summed E-state index contributed by atoms with van der Waals surface area (Å²) < 4.78 is 0. The van der Waals surface area contributed by atoms with E-state index in [4.69, 9.17) is 0 Å². The monoisotopic (exact) mass is 297 g/mol. The summed E-state index contributed by atoms with van der Waals surface area (Å²) >= 11 is 0. The highest BCUT2D eigenvalue weighted by Crippen LogP contribution is 2.28. The molecule has 2 bridgehead atoms. The lowest BCUT2D eigenvalue weighted by Crippen LogP contribution is -2.57. The Kier molecular flexibility index (Phi) is 4.76. The van der Waals surface area contributed by atoms with Gasteiger partial charge >= 0.3 is 12.0 Å². The summed E-state index contributed by atoms with van der Waals surface area (Å²) in [6.07, 6.45) is 4.46. The Labute approximate surface area is 126 Å². The van der Waals surface area contributed by atoms with Crippen LogP contribution in [0.25, 0.3) is 0 Å². The second kappa shape index (κ2) is 6.22. The van der Waals surface area contributed by atoms with Crippen LogP contribution >= 0.6 is 0 Å². The second-order valence-electron chi connectivity index (χ2n) is 6.60. The third kappa shape index (κ3) is 3.31. The molecule has 3 unspecified atom stereocenters. The molecule has 2 fully saturated rings. The maximum absolute atomic E-state index is 12.5. The number of aliphatic carboxylic acids is 1. The van der Waals surface area contributed by atoms with Crippen LogP contribution < -0.4 is 5.32 Å². The highest BCUT2D eigenvalue weighted by Gasteiger charge is 2.39. The Balaban J connectivity index is 2.01. The molecule has 0 aromatic rings. The highest BCUT2D eigenvalue weighted by atomic mass is 16.4. The molecule has 2 saturated heterocycles. The third-order valence-electron chi connectivity index (χ3n) is 5.04. The molecule has 2 heterocycles. The number of carboxylic acids is 1. The number of carbonyl (C=O) groups excluding carboxylic acids is 1. The first-order valence-electron chi connectivity index (χ1n) is 7.90. The minimum absolute atomic E-state index is 0.241. The van der Waals surface area contributed by atoms with Crippen molar-refractivity contribution in [1.29, 1.82) is 0 Å². The van der Waals surface area contributed by atoms with Gasteiger partial charge < -0.3 is 15.3 Å². The van der Waals surface area contributed by atoms with Crippen molar-refractivity contribution >= 4 is 12.0 Å². The number of fused-ring (bicyclic) bond motifs is 2. The average molecular weight is 297 g/mol. The number of rotatable bonds is 4. The zero-order chi connectivity index (χ0) is 15.6. The quantitative estimate of drug-likeness (QED) is 0.825. The molecule has 21 heavy (non-hydrogen) atoms. The molecule has 0 aromatic heterocycles. The first-order valence-corrected chi connectivity index (χ1v) is 7.90. The van der Waals surface area contributed by atoms with E-state index in [0.717, 1.165) is 19.3 Å². The molecule has 2 N–H and O–H groups in total. The first-order chi connectivity index (χ1) is 9.87. The number of hydrogen-bond donors (Lipinski definition) is 2. The Hall–Kier alpha value is -1.30. The van der Waals surface area contributed by atoms with Gasteiger partial charge in [-0.05, 0) is 39.7 Å². The zero-order valence-corrected chi connectivity index (χ0v) is 13.3. The van der Waals surface area contributed by atoms with E-state index in [-0.39, 0.29) is 6.03 Å². The molecule has 0 saturated carbocycles. The van der Waals surface area contributed by atoms with Crippen LogP contribution in [0.15, 0.2) is 0 Å². The molecule has 2 aliphatic rings. The van der Waals surface area contributed by atoms with Gasteiger partial charge in [-0.1, -0.05) is 13.3 Å². The van der Waals surface area contributed by atoms with Gasteiger partial charge in [0.1, 0.15) is 5.54 Å². The van der Waals surface area contributed by atoms with Crippen molar-refractivity contribution in [3.8, 4) is 0 Å². The van der Waals surface area contributed by atoms with Crippen LogP contribution in [0, 0.1) is 0 Å². The van der Waals surface area contributed by atoms with Gasteiger partial charge in [0.2, 0.25) is 0 Å². The summed E-state index contributed by atoms with van der Waals surface area (Å²) in [5.74, 6) is -0.967. The number of likely N-dealkylation sites (N-methyl/N-ethyl adjacent to an activating group) is 1. The van der Waals surface area contributed by atoms with Gasteiger partial charge in [-0.15, -0.1) is 0 Å². The molecular formula is C15H27N3O3. The lowest BCUT2D eigenvalue weighted by molar-refractivity contribution is -0.144.